The molecular formula is C5H12N4O3S. The van der Waals surface area contributed by atoms with Crippen molar-refractivity contribution in [3.8, 4) is 0 Å². The molecule has 8 heteroatoms. The fraction of sp³-hybridized carbons (Fsp3) is 0.800. The zero-order valence-corrected chi connectivity index (χ0v) is 7.83. The Balaban J connectivity index is 2.53. The van der Waals surface area contributed by atoms with Gasteiger partial charge in [0, 0.05) is 26.2 Å². The van der Waals surface area contributed by atoms with Gasteiger partial charge in [-0.05, 0) is 0 Å². The number of nitrogens with zero attached hydrogens (tertiary/aromatic N) is 2. The van der Waals surface area contributed by atoms with E-state index in [4.69, 9.17) is 10.9 Å². The first-order valence-electron chi connectivity index (χ1n) is 3.73. The summed E-state index contributed by atoms with van der Waals surface area (Å²) in [4.78, 5) is 12.0. The van der Waals surface area contributed by atoms with Crippen LogP contribution in [0, 0.1) is 0 Å². The zero-order chi connectivity index (χ0) is 10.1. The van der Waals surface area contributed by atoms with Gasteiger partial charge in [0.05, 0.1) is 0 Å². The average molecular weight is 208 g/mol. The largest absolute Gasteiger partial charge is 0.351 e. The molecule has 0 radical (unpaired) electrons. The maximum atomic E-state index is 10.8. The average Bonchev–Trinajstić information content (AvgIpc) is 2.03. The van der Waals surface area contributed by atoms with Gasteiger partial charge in [0.25, 0.3) is 10.2 Å². The van der Waals surface area contributed by atoms with Gasteiger partial charge < -0.3 is 10.6 Å². The third-order valence-electron chi connectivity index (χ3n) is 1.91. The van der Waals surface area contributed by atoms with E-state index in [-0.39, 0.29) is 13.1 Å². The van der Waals surface area contributed by atoms with E-state index in [1.54, 1.807) is 0 Å². The van der Waals surface area contributed by atoms with E-state index in [2.05, 4.69) is 0 Å². The van der Waals surface area contributed by atoms with Crippen molar-refractivity contribution in [2.75, 3.05) is 26.2 Å². The first-order chi connectivity index (χ1) is 5.91. The van der Waals surface area contributed by atoms with Gasteiger partial charge >= 0.3 is 6.03 Å². The Labute approximate surface area is 76.5 Å². The molecule has 0 aromatic rings. The molecule has 1 rings (SSSR count). The maximum absolute atomic E-state index is 10.8. The Bertz CT molecular complexity index is 293. The minimum atomic E-state index is -3.62. The molecule has 1 fully saturated rings. The van der Waals surface area contributed by atoms with Crippen LogP contribution in [0.15, 0.2) is 0 Å². The molecule has 0 saturated carbocycles. The summed E-state index contributed by atoms with van der Waals surface area (Å²) in [7, 11) is -3.62. The van der Waals surface area contributed by atoms with Crippen LogP contribution in [0.2, 0.25) is 0 Å². The number of carbonyl (C=O) groups is 1. The summed E-state index contributed by atoms with van der Waals surface area (Å²) in [5.74, 6) is 0. The van der Waals surface area contributed by atoms with Crippen molar-refractivity contribution in [1.29, 1.82) is 0 Å². The Morgan fingerprint density at radius 3 is 1.92 bits per heavy atom. The second-order valence-corrected chi connectivity index (χ2v) is 4.32. The fourth-order valence-corrected chi connectivity index (χ4v) is 1.84. The quantitative estimate of drug-likeness (QED) is 0.514. The standard InChI is InChI=1S/C5H12N4O3S/c6-5(10)8-1-3-9(4-2-8)13(7,11)12/h1-4H2,(H2,6,10)(H2,7,11,12). The third kappa shape index (κ3) is 2.54. The highest BCUT2D eigenvalue weighted by atomic mass is 32.2. The van der Waals surface area contributed by atoms with Crippen LogP contribution in [-0.2, 0) is 10.2 Å². The van der Waals surface area contributed by atoms with Crippen molar-refractivity contribution < 1.29 is 13.2 Å². The van der Waals surface area contributed by atoms with Gasteiger partial charge in [0.1, 0.15) is 0 Å². The molecule has 13 heavy (non-hydrogen) atoms. The first kappa shape index (κ1) is 10.2. The second-order valence-electron chi connectivity index (χ2n) is 2.77. The topological polar surface area (TPSA) is 110 Å². The first-order valence-corrected chi connectivity index (χ1v) is 5.24. The van der Waals surface area contributed by atoms with E-state index in [9.17, 15) is 13.2 Å². The summed E-state index contributed by atoms with van der Waals surface area (Å²) in [6.07, 6.45) is 0. The van der Waals surface area contributed by atoms with E-state index in [0.29, 0.717) is 13.1 Å². The molecule has 1 saturated heterocycles. The van der Waals surface area contributed by atoms with Gasteiger partial charge in [-0.15, -0.1) is 0 Å². The number of rotatable bonds is 1. The monoisotopic (exact) mass is 208 g/mol. The van der Waals surface area contributed by atoms with Gasteiger partial charge in [-0.25, -0.2) is 9.93 Å². The summed E-state index contributed by atoms with van der Waals surface area (Å²) >= 11 is 0. The summed E-state index contributed by atoms with van der Waals surface area (Å²) in [6, 6.07) is -0.533. The molecule has 76 valence electrons. The predicted octanol–water partition coefficient (Wildman–Crippen LogP) is -2.11. The smallest absolute Gasteiger partial charge is 0.314 e. The molecule has 1 aliphatic rings. The number of urea groups is 1. The van der Waals surface area contributed by atoms with Crippen LogP contribution in [0.1, 0.15) is 0 Å². The van der Waals surface area contributed by atoms with Crippen molar-refractivity contribution in [2.45, 2.75) is 0 Å². The normalized spacial score (nSPS) is 20.2. The van der Waals surface area contributed by atoms with Gasteiger partial charge in [0.15, 0.2) is 0 Å². The van der Waals surface area contributed by atoms with Crippen molar-refractivity contribution in [3.05, 3.63) is 0 Å². The number of amides is 2. The Hall–Kier alpha value is -0.860. The lowest BCUT2D eigenvalue weighted by Gasteiger charge is -2.31. The molecule has 0 aliphatic carbocycles. The van der Waals surface area contributed by atoms with Crippen molar-refractivity contribution in [3.63, 3.8) is 0 Å². The van der Waals surface area contributed by atoms with Gasteiger partial charge in [-0.2, -0.15) is 12.7 Å². The molecule has 0 aromatic carbocycles. The Kier molecular flexibility index (Phi) is 2.74. The lowest BCUT2D eigenvalue weighted by molar-refractivity contribution is 0.181. The van der Waals surface area contributed by atoms with E-state index in [1.165, 1.54) is 4.90 Å². The molecule has 1 aliphatic heterocycles. The minimum absolute atomic E-state index is 0.210. The lowest BCUT2D eigenvalue weighted by atomic mass is 10.4. The van der Waals surface area contributed by atoms with E-state index >= 15 is 0 Å². The Morgan fingerprint density at radius 2 is 1.62 bits per heavy atom. The molecule has 7 nitrogen and oxygen atoms in total. The SMILES string of the molecule is NC(=O)N1CCN(S(N)(=O)=O)CC1. The van der Waals surface area contributed by atoms with E-state index in [0.717, 1.165) is 4.31 Å². The number of carbonyl (C=O) groups excluding carboxylic acids is 1. The van der Waals surface area contributed by atoms with Crippen molar-refractivity contribution in [1.82, 2.24) is 9.21 Å². The molecule has 0 atom stereocenters. The summed E-state index contributed by atoms with van der Waals surface area (Å²) in [5.41, 5.74) is 5.01. The highest BCUT2D eigenvalue weighted by Gasteiger charge is 2.24. The molecule has 1 heterocycles. The number of primary amides is 1. The van der Waals surface area contributed by atoms with Crippen LogP contribution >= 0.6 is 0 Å². The van der Waals surface area contributed by atoms with Crippen LogP contribution in [0.4, 0.5) is 4.79 Å². The molecule has 0 spiro atoms. The summed E-state index contributed by atoms with van der Waals surface area (Å²) in [6.45, 7) is 1.01. The van der Waals surface area contributed by atoms with E-state index < -0.39 is 16.2 Å². The van der Waals surface area contributed by atoms with Crippen LogP contribution in [-0.4, -0.2) is 49.8 Å². The Morgan fingerprint density at radius 1 is 1.15 bits per heavy atom. The van der Waals surface area contributed by atoms with Crippen LogP contribution in [0.25, 0.3) is 0 Å². The fourth-order valence-electron chi connectivity index (χ4n) is 1.16. The van der Waals surface area contributed by atoms with Gasteiger partial charge in [0.2, 0.25) is 0 Å². The van der Waals surface area contributed by atoms with Crippen LogP contribution in [0.3, 0.4) is 0 Å². The van der Waals surface area contributed by atoms with Crippen molar-refractivity contribution in [2.24, 2.45) is 10.9 Å². The minimum Gasteiger partial charge on any atom is -0.351 e. The summed E-state index contributed by atoms with van der Waals surface area (Å²) < 4.78 is 22.8. The number of piperazine rings is 1. The maximum Gasteiger partial charge on any atom is 0.314 e. The van der Waals surface area contributed by atoms with Gasteiger partial charge in [-0.3, -0.25) is 0 Å². The number of nitrogens with two attached hydrogens (primary N) is 2. The van der Waals surface area contributed by atoms with Crippen LogP contribution in [0.5, 0.6) is 0 Å². The molecule has 0 aromatic heterocycles. The number of hydrogen-bond donors (Lipinski definition) is 2. The van der Waals surface area contributed by atoms with Crippen molar-refractivity contribution >= 4 is 16.2 Å². The molecule has 4 N–H and O–H groups in total. The number of hydrogen-bond acceptors (Lipinski definition) is 3. The second kappa shape index (κ2) is 3.48. The molecule has 0 unspecified atom stereocenters. The van der Waals surface area contributed by atoms with Crippen LogP contribution < -0.4 is 10.9 Å². The summed E-state index contributed by atoms with van der Waals surface area (Å²) in [5, 5.41) is 4.90. The zero-order valence-electron chi connectivity index (χ0n) is 7.01. The van der Waals surface area contributed by atoms with Gasteiger partial charge in [-0.1, -0.05) is 0 Å². The highest BCUT2D eigenvalue weighted by molar-refractivity contribution is 7.86. The third-order valence-corrected chi connectivity index (χ3v) is 3.00. The van der Waals surface area contributed by atoms with E-state index in [1.807, 2.05) is 0 Å². The molecule has 2 amide bonds. The lowest BCUT2D eigenvalue weighted by Crippen LogP contribution is -2.53. The molecular weight excluding hydrogens is 196 g/mol. The predicted molar refractivity (Wildman–Crippen MR) is 45.8 cm³/mol. The highest BCUT2D eigenvalue weighted by Crippen LogP contribution is 2.03. The molecule has 0 bridgehead atoms.